The highest BCUT2D eigenvalue weighted by Crippen LogP contribution is 2.36. The highest BCUT2D eigenvalue weighted by molar-refractivity contribution is 7.18. The molecule has 0 aliphatic carbocycles. The van der Waals surface area contributed by atoms with Crippen molar-refractivity contribution in [1.29, 1.82) is 0 Å². The lowest BCUT2D eigenvalue weighted by Crippen LogP contribution is -2.22. The Balaban J connectivity index is 1.95. The van der Waals surface area contributed by atoms with E-state index in [-0.39, 0.29) is 5.02 Å². The molecule has 2 aromatic carbocycles. The Hall–Kier alpha value is -2.70. The number of hydrogen-bond donors (Lipinski definition) is 0. The molecule has 4 nitrogen and oxygen atoms in total. The lowest BCUT2D eigenvalue weighted by atomic mass is 10.1. The van der Waals surface area contributed by atoms with Gasteiger partial charge >= 0.3 is 0 Å². The second-order valence-corrected chi connectivity index (χ2v) is 8.85. The van der Waals surface area contributed by atoms with E-state index in [2.05, 4.69) is 30.3 Å². The molecule has 7 heteroatoms. The molecule has 3 aromatic rings. The van der Waals surface area contributed by atoms with E-state index in [9.17, 15) is 4.39 Å². The predicted octanol–water partition coefficient (Wildman–Crippen LogP) is 7.46. The minimum Gasteiger partial charge on any atom is -0.489 e. The highest BCUT2D eigenvalue weighted by atomic mass is 35.5. The number of ether oxygens (including phenoxy) is 1. The van der Waals surface area contributed by atoms with Crippen molar-refractivity contribution in [3.8, 4) is 16.3 Å². The molecule has 0 aliphatic heterocycles. The number of unbranched alkanes of at least 4 members (excludes halogenated alkanes) is 1. The van der Waals surface area contributed by atoms with Crippen molar-refractivity contribution in [1.82, 2.24) is 10.2 Å². The first kappa shape index (κ1) is 24.0. The largest absolute Gasteiger partial charge is 0.489 e. The first-order chi connectivity index (χ1) is 15.4. The van der Waals surface area contributed by atoms with E-state index < -0.39 is 5.82 Å². The summed E-state index contributed by atoms with van der Waals surface area (Å²) in [6.45, 7) is 15.1. The predicted molar refractivity (Wildman–Crippen MR) is 133 cm³/mol. The van der Waals surface area contributed by atoms with Crippen molar-refractivity contribution in [2.24, 2.45) is 0 Å². The molecular formula is C25H27ClFN3OS. The molecular weight excluding hydrogens is 445 g/mol. The van der Waals surface area contributed by atoms with Crippen LogP contribution in [0.2, 0.25) is 5.02 Å². The van der Waals surface area contributed by atoms with Crippen molar-refractivity contribution in [3.63, 3.8) is 0 Å². The van der Waals surface area contributed by atoms with Crippen molar-refractivity contribution in [2.45, 2.75) is 33.6 Å². The van der Waals surface area contributed by atoms with Crippen molar-refractivity contribution >= 4 is 33.8 Å². The van der Waals surface area contributed by atoms with Gasteiger partial charge in [-0.25, -0.2) is 4.39 Å². The van der Waals surface area contributed by atoms with Gasteiger partial charge < -0.3 is 9.64 Å². The molecule has 0 spiro atoms. The fraction of sp³-hybridized carbons (Fsp3) is 0.280. The van der Waals surface area contributed by atoms with Crippen LogP contribution in [0.5, 0.6) is 5.75 Å². The quantitative estimate of drug-likeness (QED) is 0.288. The van der Waals surface area contributed by atoms with Crippen molar-refractivity contribution in [2.75, 3.05) is 18.1 Å². The Labute approximate surface area is 198 Å². The summed E-state index contributed by atoms with van der Waals surface area (Å²) in [4.78, 5) is 1.92. The van der Waals surface area contributed by atoms with Gasteiger partial charge in [-0.05, 0) is 55.7 Å². The van der Waals surface area contributed by atoms with Gasteiger partial charge in [-0.15, -0.1) is 10.2 Å². The zero-order valence-corrected chi connectivity index (χ0v) is 20.2. The van der Waals surface area contributed by atoms with E-state index in [0.29, 0.717) is 29.5 Å². The average molecular weight is 472 g/mol. The van der Waals surface area contributed by atoms with Crippen LogP contribution in [0.25, 0.3) is 16.3 Å². The van der Waals surface area contributed by atoms with Crippen LogP contribution < -0.4 is 9.64 Å². The lowest BCUT2D eigenvalue weighted by Gasteiger charge is -2.24. The Morgan fingerprint density at radius 2 is 1.97 bits per heavy atom. The first-order valence-corrected chi connectivity index (χ1v) is 11.7. The summed E-state index contributed by atoms with van der Waals surface area (Å²) in [7, 11) is 0. The number of hydrogen-bond acceptors (Lipinski definition) is 5. The zero-order valence-electron chi connectivity index (χ0n) is 18.6. The molecule has 1 heterocycles. The Morgan fingerprint density at radius 3 is 2.62 bits per heavy atom. The second-order valence-electron chi connectivity index (χ2n) is 7.48. The van der Waals surface area contributed by atoms with Gasteiger partial charge in [0.15, 0.2) is 5.82 Å². The number of nitrogens with zero attached hydrogens (tertiary/aromatic N) is 3. The normalized spacial score (nSPS) is 10.8. The topological polar surface area (TPSA) is 38.3 Å². The molecule has 0 fully saturated rings. The molecule has 1 aromatic heterocycles. The molecule has 0 radical (unpaired) electrons. The van der Waals surface area contributed by atoms with Crippen LogP contribution in [0.1, 0.15) is 36.5 Å². The second kappa shape index (κ2) is 10.7. The molecule has 0 saturated carbocycles. The van der Waals surface area contributed by atoms with Crippen LogP contribution >= 0.6 is 22.9 Å². The molecule has 3 rings (SSSR count). The third kappa shape index (κ3) is 5.19. The van der Waals surface area contributed by atoms with Gasteiger partial charge in [0.05, 0.1) is 5.02 Å². The first-order valence-electron chi connectivity index (χ1n) is 10.5. The number of aryl methyl sites for hydroxylation is 2. The fourth-order valence-electron chi connectivity index (χ4n) is 3.42. The maximum Gasteiger partial charge on any atom is 0.213 e. The van der Waals surface area contributed by atoms with Gasteiger partial charge in [-0.2, -0.15) is 0 Å². The monoisotopic (exact) mass is 471 g/mol. The number of aromatic nitrogens is 2. The van der Waals surface area contributed by atoms with Gasteiger partial charge in [-0.3, -0.25) is 0 Å². The molecule has 168 valence electrons. The summed E-state index contributed by atoms with van der Waals surface area (Å²) in [6, 6.07) is 9.01. The van der Waals surface area contributed by atoms with E-state index >= 15 is 0 Å². The van der Waals surface area contributed by atoms with E-state index in [1.54, 1.807) is 18.2 Å². The third-order valence-electron chi connectivity index (χ3n) is 5.02. The number of anilines is 1. The minimum absolute atomic E-state index is 0.0711. The fourth-order valence-corrected chi connectivity index (χ4v) is 4.48. The summed E-state index contributed by atoms with van der Waals surface area (Å²) in [5.74, 6) is 0.375. The summed E-state index contributed by atoms with van der Waals surface area (Å²) in [6.07, 6.45) is 3.62. The number of rotatable bonds is 10. The Kier molecular flexibility index (Phi) is 8.04. The number of halogens is 2. The summed E-state index contributed by atoms with van der Waals surface area (Å²) in [5.41, 5.74) is 3.88. The van der Waals surface area contributed by atoms with Crippen molar-refractivity contribution < 1.29 is 9.13 Å². The Bertz CT molecular complexity index is 1110. The van der Waals surface area contributed by atoms with Crippen LogP contribution in [0.15, 0.2) is 49.6 Å². The summed E-state index contributed by atoms with van der Waals surface area (Å²) in [5, 5.41) is 10.3. The van der Waals surface area contributed by atoms with Gasteiger partial charge in [0.2, 0.25) is 5.13 Å². The molecule has 0 N–H and O–H groups in total. The average Bonchev–Trinajstić information content (AvgIpc) is 3.25. The molecule has 32 heavy (non-hydrogen) atoms. The van der Waals surface area contributed by atoms with Crippen LogP contribution in [0, 0.1) is 19.7 Å². The maximum absolute atomic E-state index is 14.7. The zero-order chi connectivity index (χ0) is 23.3. The molecule has 0 unspecified atom stereocenters. The van der Waals surface area contributed by atoms with Gasteiger partial charge in [0.1, 0.15) is 17.4 Å². The summed E-state index contributed by atoms with van der Waals surface area (Å²) < 4.78 is 20.4. The van der Waals surface area contributed by atoms with E-state index in [4.69, 9.17) is 16.3 Å². The molecule has 0 amide bonds. The minimum atomic E-state index is -0.480. The molecule has 0 bridgehead atoms. The lowest BCUT2D eigenvalue weighted by molar-refractivity contribution is 0.358. The van der Waals surface area contributed by atoms with Crippen LogP contribution in [0.3, 0.4) is 0 Å². The molecule has 0 aliphatic rings. The van der Waals surface area contributed by atoms with Gasteiger partial charge in [0.25, 0.3) is 0 Å². The van der Waals surface area contributed by atoms with Crippen LogP contribution in [0.4, 0.5) is 9.52 Å². The number of benzene rings is 2. The van der Waals surface area contributed by atoms with Gasteiger partial charge in [0, 0.05) is 23.4 Å². The van der Waals surface area contributed by atoms with Crippen molar-refractivity contribution in [3.05, 3.63) is 77.1 Å². The van der Waals surface area contributed by atoms with Crippen LogP contribution in [-0.2, 0) is 0 Å². The molecule has 0 saturated heterocycles. The SMILES string of the molecule is C=CCOc1c(C)cc(-c2nnc(N(CCCC)C(=C)c3cccc(Cl)c3F)s2)cc1C. The maximum atomic E-state index is 14.7. The van der Waals surface area contributed by atoms with E-state index in [0.717, 1.165) is 40.3 Å². The highest BCUT2D eigenvalue weighted by Gasteiger charge is 2.21. The summed E-state index contributed by atoms with van der Waals surface area (Å²) >= 11 is 7.44. The smallest absolute Gasteiger partial charge is 0.213 e. The van der Waals surface area contributed by atoms with E-state index in [1.165, 1.54) is 17.4 Å². The standard InChI is InChI=1S/C25H27ClFN3OS/c1-6-8-12-30(18(5)20-10-9-11-21(26)22(20)27)25-29-28-24(32-25)19-14-16(3)23(17(4)15-19)31-13-7-2/h7,9-11,14-15H,2,5-6,8,12-13H2,1,3-4H3. The molecule has 0 atom stereocenters. The van der Waals surface area contributed by atoms with Crippen LogP contribution in [-0.4, -0.2) is 23.3 Å². The van der Waals surface area contributed by atoms with E-state index in [1.807, 2.05) is 30.9 Å². The third-order valence-corrected chi connectivity index (χ3v) is 6.31. The van der Waals surface area contributed by atoms with Gasteiger partial charge in [-0.1, -0.05) is 61.6 Å². The Morgan fingerprint density at radius 1 is 1.25 bits per heavy atom.